The molecule has 1 amide bonds. The molecule has 1 aliphatic rings. The molecule has 1 heterocycles. The second-order valence-corrected chi connectivity index (χ2v) is 9.02. The Morgan fingerprint density at radius 3 is 2.52 bits per heavy atom. The predicted molar refractivity (Wildman–Crippen MR) is 113 cm³/mol. The van der Waals surface area contributed by atoms with Crippen molar-refractivity contribution in [3.63, 3.8) is 0 Å². The normalized spacial score (nSPS) is 13.5. The summed E-state index contributed by atoms with van der Waals surface area (Å²) in [4.78, 5) is 12.3. The van der Waals surface area contributed by atoms with E-state index in [1.165, 1.54) is 10.4 Å². The summed E-state index contributed by atoms with van der Waals surface area (Å²) in [6, 6.07) is 21.7. The Morgan fingerprint density at radius 2 is 1.76 bits per heavy atom. The number of carbonyl (C=O) groups is 1. The van der Waals surface area contributed by atoms with Crippen LogP contribution in [0.2, 0.25) is 0 Å². The van der Waals surface area contributed by atoms with Gasteiger partial charge in [-0.2, -0.15) is 0 Å². The van der Waals surface area contributed by atoms with Gasteiger partial charge in [-0.25, -0.2) is 8.42 Å². The average Bonchev–Trinajstić information content (AvgIpc) is 2.73. The molecule has 0 aliphatic carbocycles. The Kier molecular flexibility index (Phi) is 5.11. The molecular formula is C23H22N2O3S. The lowest BCUT2D eigenvalue weighted by Crippen LogP contribution is -2.33. The summed E-state index contributed by atoms with van der Waals surface area (Å²) in [5.41, 5.74) is 3.75. The zero-order valence-electron chi connectivity index (χ0n) is 16.1. The van der Waals surface area contributed by atoms with E-state index in [1.807, 2.05) is 55.5 Å². The van der Waals surface area contributed by atoms with Crippen molar-refractivity contribution in [2.75, 3.05) is 10.8 Å². The number of hydrogen-bond donors (Lipinski definition) is 1. The highest BCUT2D eigenvalue weighted by Crippen LogP contribution is 2.28. The molecular weight excluding hydrogens is 384 g/mol. The van der Waals surface area contributed by atoms with Gasteiger partial charge in [0.15, 0.2) is 0 Å². The number of sulfonamides is 1. The topological polar surface area (TPSA) is 66.5 Å². The second-order valence-electron chi connectivity index (χ2n) is 7.16. The van der Waals surface area contributed by atoms with Crippen molar-refractivity contribution in [2.45, 2.75) is 24.8 Å². The Labute approximate surface area is 171 Å². The molecule has 3 aromatic carbocycles. The van der Waals surface area contributed by atoms with E-state index in [-0.39, 0.29) is 17.3 Å². The maximum Gasteiger partial charge on any atom is 0.264 e. The summed E-state index contributed by atoms with van der Waals surface area (Å²) in [6.45, 7) is 2.71. The standard InChI is InChI=1S/C23H22N2O3S/c1-17-6-5-9-20(14-17)25(16-18-7-3-2-4-8-18)29(27,28)21-11-10-19-12-13-24-23(26)22(19)15-21/h2-11,14-15H,12-13,16H2,1H3,(H,24,26). The number of fused-ring (bicyclic) bond motifs is 1. The monoisotopic (exact) mass is 406 g/mol. The van der Waals surface area contributed by atoms with E-state index in [2.05, 4.69) is 5.32 Å². The van der Waals surface area contributed by atoms with Gasteiger partial charge in [-0.15, -0.1) is 0 Å². The molecule has 6 heteroatoms. The summed E-state index contributed by atoms with van der Waals surface area (Å²) in [5.74, 6) is -0.228. The molecule has 0 aromatic heterocycles. The molecule has 4 rings (SSSR count). The lowest BCUT2D eigenvalue weighted by molar-refractivity contribution is 0.0945. The maximum absolute atomic E-state index is 13.6. The van der Waals surface area contributed by atoms with Gasteiger partial charge in [-0.05, 0) is 54.3 Å². The van der Waals surface area contributed by atoms with E-state index in [0.29, 0.717) is 24.2 Å². The van der Waals surface area contributed by atoms with Crippen LogP contribution in [0.3, 0.4) is 0 Å². The summed E-state index contributed by atoms with van der Waals surface area (Å²) in [7, 11) is -3.87. The molecule has 1 aliphatic heterocycles. The van der Waals surface area contributed by atoms with Crippen molar-refractivity contribution in [2.24, 2.45) is 0 Å². The molecule has 0 unspecified atom stereocenters. The first-order chi connectivity index (χ1) is 13.9. The fourth-order valence-electron chi connectivity index (χ4n) is 3.53. The molecule has 0 fully saturated rings. The number of benzene rings is 3. The molecule has 29 heavy (non-hydrogen) atoms. The molecule has 0 saturated carbocycles. The number of carbonyl (C=O) groups excluding carboxylic acids is 1. The van der Waals surface area contributed by atoms with E-state index >= 15 is 0 Å². The van der Waals surface area contributed by atoms with Crippen LogP contribution < -0.4 is 9.62 Å². The molecule has 5 nitrogen and oxygen atoms in total. The summed E-state index contributed by atoms with van der Waals surface area (Å²) in [6.07, 6.45) is 0.701. The number of rotatable bonds is 5. The molecule has 0 saturated heterocycles. The van der Waals surface area contributed by atoms with Gasteiger partial charge in [0.1, 0.15) is 0 Å². The van der Waals surface area contributed by atoms with Gasteiger partial charge in [0.2, 0.25) is 0 Å². The predicted octanol–water partition coefficient (Wildman–Crippen LogP) is 3.68. The molecule has 0 bridgehead atoms. The van der Waals surface area contributed by atoms with Crippen molar-refractivity contribution >= 4 is 21.6 Å². The van der Waals surface area contributed by atoms with Crippen LogP contribution in [-0.2, 0) is 23.0 Å². The molecule has 0 atom stereocenters. The minimum absolute atomic E-state index is 0.116. The highest BCUT2D eigenvalue weighted by Gasteiger charge is 2.28. The van der Waals surface area contributed by atoms with Gasteiger partial charge in [0, 0.05) is 12.1 Å². The number of anilines is 1. The molecule has 148 valence electrons. The van der Waals surface area contributed by atoms with Gasteiger partial charge in [-0.1, -0.05) is 48.5 Å². The third-order valence-electron chi connectivity index (χ3n) is 5.05. The Balaban J connectivity index is 1.81. The zero-order valence-corrected chi connectivity index (χ0v) is 16.9. The van der Waals surface area contributed by atoms with Gasteiger partial charge in [0.05, 0.1) is 17.1 Å². The summed E-state index contributed by atoms with van der Waals surface area (Å²) in [5, 5.41) is 2.78. The SMILES string of the molecule is Cc1cccc(N(Cc2ccccc2)S(=O)(=O)c2ccc3c(c2)C(=O)NCC3)c1. The molecule has 0 spiro atoms. The fraction of sp³-hybridized carbons (Fsp3) is 0.174. The fourth-order valence-corrected chi connectivity index (χ4v) is 5.00. The van der Waals surface area contributed by atoms with Crippen LogP contribution in [-0.4, -0.2) is 20.9 Å². The Bertz CT molecular complexity index is 1160. The first-order valence-corrected chi connectivity index (χ1v) is 10.9. The van der Waals surface area contributed by atoms with Crippen LogP contribution >= 0.6 is 0 Å². The van der Waals surface area contributed by atoms with Gasteiger partial charge in [-0.3, -0.25) is 9.10 Å². The highest BCUT2D eigenvalue weighted by atomic mass is 32.2. The van der Waals surface area contributed by atoms with Crippen molar-refractivity contribution in [1.29, 1.82) is 0 Å². The van der Waals surface area contributed by atoms with Gasteiger partial charge >= 0.3 is 0 Å². The number of aryl methyl sites for hydroxylation is 1. The maximum atomic E-state index is 13.6. The third kappa shape index (κ3) is 3.89. The lowest BCUT2D eigenvalue weighted by atomic mass is 10.0. The van der Waals surface area contributed by atoms with Crippen LogP contribution in [0, 0.1) is 6.92 Å². The minimum Gasteiger partial charge on any atom is -0.352 e. The zero-order chi connectivity index (χ0) is 20.4. The van der Waals surface area contributed by atoms with E-state index < -0.39 is 10.0 Å². The van der Waals surface area contributed by atoms with Crippen LogP contribution in [0.25, 0.3) is 0 Å². The van der Waals surface area contributed by atoms with Crippen molar-refractivity contribution < 1.29 is 13.2 Å². The van der Waals surface area contributed by atoms with E-state index in [4.69, 9.17) is 0 Å². The first kappa shape index (κ1) is 19.2. The van der Waals surface area contributed by atoms with Gasteiger partial charge in [0.25, 0.3) is 15.9 Å². The first-order valence-electron chi connectivity index (χ1n) is 9.49. The third-order valence-corrected chi connectivity index (χ3v) is 6.82. The summed E-state index contributed by atoms with van der Waals surface area (Å²) < 4.78 is 28.7. The second kappa shape index (κ2) is 7.72. The molecule has 0 radical (unpaired) electrons. The summed E-state index contributed by atoms with van der Waals surface area (Å²) >= 11 is 0. The Morgan fingerprint density at radius 1 is 0.966 bits per heavy atom. The van der Waals surface area contributed by atoms with Crippen LogP contribution in [0.1, 0.15) is 27.0 Å². The van der Waals surface area contributed by atoms with Crippen molar-refractivity contribution in [3.8, 4) is 0 Å². The molecule has 1 N–H and O–H groups in total. The quantitative estimate of drug-likeness (QED) is 0.703. The number of hydrogen-bond acceptors (Lipinski definition) is 3. The largest absolute Gasteiger partial charge is 0.352 e. The lowest BCUT2D eigenvalue weighted by Gasteiger charge is -2.26. The van der Waals surface area contributed by atoms with Crippen molar-refractivity contribution in [3.05, 3.63) is 95.1 Å². The number of amides is 1. The smallest absolute Gasteiger partial charge is 0.264 e. The van der Waals surface area contributed by atoms with E-state index in [0.717, 1.165) is 16.7 Å². The van der Waals surface area contributed by atoms with E-state index in [1.54, 1.807) is 18.2 Å². The van der Waals surface area contributed by atoms with Crippen LogP contribution in [0.15, 0.2) is 77.7 Å². The van der Waals surface area contributed by atoms with Crippen molar-refractivity contribution in [1.82, 2.24) is 5.32 Å². The van der Waals surface area contributed by atoms with Crippen LogP contribution in [0.4, 0.5) is 5.69 Å². The van der Waals surface area contributed by atoms with Crippen LogP contribution in [0.5, 0.6) is 0 Å². The number of nitrogens with one attached hydrogen (secondary N) is 1. The average molecular weight is 407 g/mol. The van der Waals surface area contributed by atoms with Gasteiger partial charge < -0.3 is 5.32 Å². The Hall–Kier alpha value is -3.12. The minimum atomic E-state index is -3.87. The number of nitrogens with zero attached hydrogens (tertiary/aromatic N) is 1. The molecule has 3 aromatic rings. The van der Waals surface area contributed by atoms with E-state index in [9.17, 15) is 13.2 Å². The highest BCUT2D eigenvalue weighted by molar-refractivity contribution is 7.92.